The highest BCUT2D eigenvalue weighted by Crippen LogP contribution is 2.22. The first-order chi connectivity index (χ1) is 8.60. The summed E-state index contributed by atoms with van der Waals surface area (Å²) in [7, 11) is 1.77. The van der Waals surface area contributed by atoms with Gasteiger partial charge in [-0.15, -0.1) is 0 Å². The standard InChI is InChI=1S/C14H23FN2O/c1-4-7-16-11(2)12-5-6-14(13(15)10-12)17(3)8-9-18/h5-6,10-11,16,18H,4,7-9H2,1-3H3. The molecule has 3 nitrogen and oxygen atoms in total. The van der Waals surface area contributed by atoms with Crippen LogP contribution in [0.25, 0.3) is 0 Å². The highest BCUT2D eigenvalue weighted by molar-refractivity contribution is 5.48. The molecule has 1 aromatic carbocycles. The number of hydrogen-bond donors (Lipinski definition) is 2. The molecule has 4 heteroatoms. The van der Waals surface area contributed by atoms with Crippen molar-refractivity contribution in [1.29, 1.82) is 0 Å². The Morgan fingerprint density at radius 1 is 1.44 bits per heavy atom. The molecule has 0 saturated heterocycles. The Bertz CT molecular complexity index is 371. The van der Waals surface area contributed by atoms with Gasteiger partial charge in [0.1, 0.15) is 5.82 Å². The Morgan fingerprint density at radius 3 is 2.72 bits per heavy atom. The minimum atomic E-state index is -0.242. The van der Waals surface area contributed by atoms with Crippen molar-refractivity contribution in [3.8, 4) is 0 Å². The SMILES string of the molecule is CCCNC(C)c1ccc(N(C)CCO)c(F)c1. The fourth-order valence-corrected chi connectivity index (χ4v) is 1.85. The van der Waals surface area contributed by atoms with E-state index in [0.29, 0.717) is 12.2 Å². The number of nitrogens with one attached hydrogen (secondary N) is 1. The first kappa shape index (κ1) is 14.9. The van der Waals surface area contributed by atoms with Crippen LogP contribution < -0.4 is 10.2 Å². The monoisotopic (exact) mass is 254 g/mol. The van der Waals surface area contributed by atoms with Crippen LogP contribution in [0, 0.1) is 5.82 Å². The van der Waals surface area contributed by atoms with Crippen LogP contribution >= 0.6 is 0 Å². The molecule has 0 radical (unpaired) electrons. The Hall–Kier alpha value is -1.13. The zero-order valence-electron chi connectivity index (χ0n) is 11.4. The first-order valence-electron chi connectivity index (χ1n) is 6.45. The number of aliphatic hydroxyl groups excluding tert-OH is 1. The lowest BCUT2D eigenvalue weighted by molar-refractivity contribution is 0.304. The van der Waals surface area contributed by atoms with E-state index in [1.165, 1.54) is 0 Å². The van der Waals surface area contributed by atoms with E-state index in [0.717, 1.165) is 18.5 Å². The third-order valence-corrected chi connectivity index (χ3v) is 3.02. The number of nitrogens with zero attached hydrogens (tertiary/aromatic N) is 1. The van der Waals surface area contributed by atoms with Gasteiger partial charge in [-0.2, -0.15) is 0 Å². The molecule has 0 spiro atoms. The lowest BCUT2D eigenvalue weighted by atomic mass is 10.1. The molecule has 0 aliphatic carbocycles. The summed E-state index contributed by atoms with van der Waals surface area (Å²) in [4.78, 5) is 1.71. The molecule has 0 fully saturated rings. The average Bonchev–Trinajstić information content (AvgIpc) is 2.35. The summed E-state index contributed by atoms with van der Waals surface area (Å²) in [6, 6.07) is 5.41. The fourth-order valence-electron chi connectivity index (χ4n) is 1.85. The highest BCUT2D eigenvalue weighted by Gasteiger charge is 2.11. The predicted octanol–water partition coefficient (Wildman–Crippen LogP) is 2.31. The van der Waals surface area contributed by atoms with Crippen LogP contribution in [-0.2, 0) is 0 Å². The van der Waals surface area contributed by atoms with Crippen molar-refractivity contribution in [1.82, 2.24) is 5.32 Å². The van der Waals surface area contributed by atoms with Gasteiger partial charge in [0.25, 0.3) is 0 Å². The van der Waals surface area contributed by atoms with Crippen LogP contribution in [0.15, 0.2) is 18.2 Å². The van der Waals surface area contributed by atoms with E-state index in [2.05, 4.69) is 12.2 Å². The van der Waals surface area contributed by atoms with E-state index in [1.807, 2.05) is 13.0 Å². The largest absolute Gasteiger partial charge is 0.395 e. The van der Waals surface area contributed by atoms with Crippen molar-refractivity contribution in [2.24, 2.45) is 0 Å². The summed E-state index contributed by atoms with van der Waals surface area (Å²) in [5.41, 5.74) is 1.47. The minimum absolute atomic E-state index is 0.0200. The summed E-state index contributed by atoms with van der Waals surface area (Å²) in [6.45, 7) is 5.51. The maximum atomic E-state index is 14.0. The van der Waals surface area contributed by atoms with Gasteiger partial charge in [-0.1, -0.05) is 13.0 Å². The van der Waals surface area contributed by atoms with E-state index in [9.17, 15) is 4.39 Å². The van der Waals surface area contributed by atoms with Crippen LogP contribution in [0.4, 0.5) is 10.1 Å². The van der Waals surface area contributed by atoms with Gasteiger partial charge in [-0.3, -0.25) is 0 Å². The molecule has 2 N–H and O–H groups in total. The normalized spacial score (nSPS) is 12.5. The molecule has 0 aliphatic heterocycles. The van der Waals surface area contributed by atoms with Gasteiger partial charge in [0.05, 0.1) is 12.3 Å². The second-order valence-corrected chi connectivity index (χ2v) is 4.53. The number of benzene rings is 1. The van der Waals surface area contributed by atoms with Gasteiger partial charge in [0, 0.05) is 19.6 Å². The zero-order valence-corrected chi connectivity index (χ0v) is 11.4. The molecule has 1 aromatic rings. The van der Waals surface area contributed by atoms with Crippen LogP contribution in [-0.4, -0.2) is 31.9 Å². The van der Waals surface area contributed by atoms with Crippen LogP contribution in [0.1, 0.15) is 31.9 Å². The molecule has 0 amide bonds. The number of aliphatic hydroxyl groups is 1. The number of anilines is 1. The Balaban J connectivity index is 2.78. The first-order valence-corrected chi connectivity index (χ1v) is 6.45. The summed E-state index contributed by atoms with van der Waals surface area (Å²) in [6.07, 6.45) is 1.06. The number of rotatable bonds is 7. The molecular formula is C14H23FN2O. The quantitative estimate of drug-likeness (QED) is 0.784. The van der Waals surface area contributed by atoms with Crippen molar-refractivity contribution < 1.29 is 9.50 Å². The maximum absolute atomic E-state index is 14.0. The third kappa shape index (κ3) is 3.96. The highest BCUT2D eigenvalue weighted by atomic mass is 19.1. The summed E-state index contributed by atoms with van der Waals surface area (Å²) < 4.78 is 14.0. The van der Waals surface area contributed by atoms with Gasteiger partial charge in [0.2, 0.25) is 0 Å². The van der Waals surface area contributed by atoms with E-state index < -0.39 is 0 Å². The minimum Gasteiger partial charge on any atom is -0.395 e. The molecular weight excluding hydrogens is 231 g/mol. The van der Waals surface area contributed by atoms with E-state index in [1.54, 1.807) is 24.1 Å². The molecule has 1 atom stereocenters. The predicted molar refractivity (Wildman–Crippen MR) is 73.5 cm³/mol. The summed E-state index contributed by atoms with van der Waals surface area (Å²) in [5.74, 6) is -0.242. The Kier molecular flexibility index (Phi) is 6.09. The van der Waals surface area contributed by atoms with Crippen molar-refractivity contribution in [2.45, 2.75) is 26.3 Å². The molecule has 0 aromatic heterocycles. The molecule has 0 bridgehead atoms. The fraction of sp³-hybridized carbons (Fsp3) is 0.571. The molecule has 102 valence electrons. The topological polar surface area (TPSA) is 35.5 Å². The molecule has 18 heavy (non-hydrogen) atoms. The maximum Gasteiger partial charge on any atom is 0.146 e. The second kappa shape index (κ2) is 7.34. The summed E-state index contributed by atoms with van der Waals surface area (Å²) in [5, 5.41) is 12.2. The Morgan fingerprint density at radius 2 is 2.17 bits per heavy atom. The van der Waals surface area contributed by atoms with Gasteiger partial charge in [0.15, 0.2) is 0 Å². The molecule has 0 heterocycles. The van der Waals surface area contributed by atoms with Gasteiger partial charge in [-0.25, -0.2) is 4.39 Å². The lowest BCUT2D eigenvalue weighted by Gasteiger charge is -2.20. The van der Waals surface area contributed by atoms with Gasteiger partial charge in [-0.05, 0) is 37.6 Å². The molecule has 1 rings (SSSR count). The van der Waals surface area contributed by atoms with Crippen molar-refractivity contribution in [2.75, 3.05) is 31.6 Å². The number of halogens is 1. The average molecular weight is 254 g/mol. The van der Waals surface area contributed by atoms with E-state index in [-0.39, 0.29) is 18.5 Å². The number of hydrogen-bond acceptors (Lipinski definition) is 3. The van der Waals surface area contributed by atoms with Gasteiger partial charge < -0.3 is 15.3 Å². The lowest BCUT2D eigenvalue weighted by Crippen LogP contribution is -2.23. The van der Waals surface area contributed by atoms with Crippen molar-refractivity contribution >= 4 is 5.69 Å². The molecule has 0 saturated carbocycles. The molecule has 0 aliphatic rings. The Labute approximate surface area is 109 Å². The van der Waals surface area contributed by atoms with Crippen LogP contribution in [0.2, 0.25) is 0 Å². The number of likely N-dealkylation sites (N-methyl/N-ethyl adjacent to an activating group) is 1. The zero-order chi connectivity index (χ0) is 13.5. The second-order valence-electron chi connectivity index (χ2n) is 4.53. The van der Waals surface area contributed by atoms with Crippen molar-refractivity contribution in [3.63, 3.8) is 0 Å². The van der Waals surface area contributed by atoms with E-state index >= 15 is 0 Å². The third-order valence-electron chi connectivity index (χ3n) is 3.02. The van der Waals surface area contributed by atoms with Gasteiger partial charge >= 0.3 is 0 Å². The summed E-state index contributed by atoms with van der Waals surface area (Å²) >= 11 is 0. The van der Waals surface area contributed by atoms with Crippen LogP contribution in [0.5, 0.6) is 0 Å². The smallest absolute Gasteiger partial charge is 0.146 e. The van der Waals surface area contributed by atoms with E-state index in [4.69, 9.17) is 5.11 Å². The van der Waals surface area contributed by atoms with Crippen molar-refractivity contribution in [3.05, 3.63) is 29.6 Å². The molecule has 1 unspecified atom stereocenters. The van der Waals surface area contributed by atoms with Crippen LogP contribution in [0.3, 0.4) is 0 Å².